The van der Waals surface area contributed by atoms with Crippen molar-refractivity contribution in [2.75, 3.05) is 0 Å². The Hall–Kier alpha value is -2.61. The fourth-order valence-corrected chi connectivity index (χ4v) is 2.51. The molecule has 1 N–H and O–H groups in total. The van der Waals surface area contributed by atoms with E-state index in [9.17, 15) is 4.79 Å². The van der Waals surface area contributed by atoms with E-state index in [2.05, 4.69) is 25.8 Å². The number of nitrogens with one attached hydrogen (secondary N) is 1. The molecule has 7 nitrogen and oxygen atoms in total. The van der Waals surface area contributed by atoms with Crippen LogP contribution in [-0.4, -0.2) is 31.1 Å². The lowest BCUT2D eigenvalue weighted by Crippen LogP contribution is -2.23. The number of benzene rings is 1. The second-order valence-electron chi connectivity index (χ2n) is 4.33. The van der Waals surface area contributed by atoms with Gasteiger partial charge >= 0.3 is 0 Å². The molecule has 3 rings (SSSR count). The van der Waals surface area contributed by atoms with Crippen LogP contribution in [0, 0.1) is 0 Å². The molecule has 0 fully saturated rings. The highest BCUT2D eigenvalue weighted by molar-refractivity contribution is 7.14. The van der Waals surface area contributed by atoms with Gasteiger partial charge in [-0.1, -0.05) is 46.9 Å². The van der Waals surface area contributed by atoms with Crippen LogP contribution >= 0.6 is 11.3 Å². The average molecular weight is 300 g/mol. The molecule has 2 aromatic heterocycles. The summed E-state index contributed by atoms with van der Waals surface area (Å²) in [7, 11) is 1.71. The van der Waals surface area contributed by atoms with Crippen LogP contribution in [-0.2, 0) is 13.6 Å². The van der Waals surface area contributed by atoms with Crippen LogP contribution in [0.4, 0.5) is 0 Å². The largest absolute Gasteiger partial charge is 0.344 e. The van der Waals surface area contributed by atoms with Crippen LogP contribution < -0.4 is 5.32 Å². The summed E-state index contributed by atoms with van der Waals surface area (Å²) in [6.45, 7) is 0.319. The third-order valence-corrected chi connectivity index (χ3v) is 3.70. The van der Waals surface area contributed by atoms with E-state index in [0.717, 1.165) is 15.6 Å². The number of aromatic nitrogens is 5. The van der Waals surface area contributed by atoms with Crippen LogP contribution in [0.1, 0.15) is 15.5 Å². The molecule has 106 valence electrons. The van der Waals surface area contributed by atoms with E-state index >= 15 is 0 Å². The maximum absolute atomic E-state index is 11.8. The first-order chi connectivity index (χ1) is 10.2. The molecular formula is C13H12N6OS. The van der Waals surface area contributed by atoms with Crippen molar-refractivity contribution >= 4 is 17.2 Å². The molecule has 0 aliphatic rings. The Labute approximate surface area is 124 Å². The van der Waals surface area contributed by atoms with Crippen molar-refractivity contribution in [3.05, 3.63) is 47.2 Å². The summed E-state index contributed by atoms with van der Waals surface area (Å²) in [6, 6.07) is 9.80. The summed E-state index contributed by atoms with van der Waals surface area (Å²) in [6.07, 6.45) is 1.56. The SMILES string of the molecule is Cn1cc(C(=O)NCc2nnc(-c3ccccc3)s2)nn1. The first kappa shape index (κ1) is 13.4. The molecule has 0 unspecified atom stereocenters. The zero-order valence-electron chi connectivity index (χ0n) is 11.2. The van der Waals surface area contributed by atoms with Crippen molar-refractivity contribution in [3.8, 4) is 10.6 Å². The first-order valence-electron chi connectivity index (χ1n) is 6.25. The van der Waals surface area contributed by atoms with Crippen molar-refractivity contribution in [1.29, 1.82) is 0 Å². The summed E-state index contributed by atoms with van der Waals surface area (Å²) in [5.41, 5.74) is 1.30. The molecule has 0 aliphatic heterocycles. The zero-order chi connectivity index (χ0) is 14.7. The van der Waals surface area contributed by atoms with Crippen molar-refractivity contribution in [1.82, 2.24) is 30.5 Å². The maximum atomic E-state index is 11.8. The third kappa shape index (κ3) is 3.11. The van der Waals surface area contributed by atoms with E-state index in [1.165, 1.54) is 16.0 Å². The molecule has 0 atom stereocenters. The fraction of sp³-hybridized carbons (Fsp3) is 0.154. The molecule has 0 saturated carbocycles. The summed E-state index contributed by atoms with van der Waals surface area (Å²) in [5.74, 6) is -0.278. The highest BCUT2D eigenvalue weighted by Crippen LogP contribution is 2.22. The number of hydrogen-bond acceptors (Lipinski definition) is 6. The number of amides is 1. The second kappa shape index (κ2) is 5.80. The van der Waals surface area contributed by atoms with Crippen LogP contribution in [0.5, 0.6) is 0 Å². The molecular weight excluding hydrogens is 288 g/mol. The molecule has 2 heterocycles. The smallest absolute Gasteiger partial charge is 0.273 e. The topological polar surface area (TPSA) is 85.6 Å². The number of nitrogens with zero attached hydrogens (tertiary/aromatic N) is 5. The monoisotopic (exact) mass is 300 g/mol. The van der Waals surface area contributed by atoms with Gasteiger partial charge in [-0.25, -0.2) is 0 Å². The van der Waals surface area contributed by atoms with E-state index in [1.54, 1.807) is 13.2 Å². The standard InChI is InChI=1S/C13H12N6OS/c1-19-8-10(15-18-19)12(20)14-7-11-16-17-13(21-11)9-5-3-2-4-6-9/h2-6,8H,7H2,1H3,(H,14,20). The molecule has 0 aliphatic carbocycles. The lowest BCUT2D eigenvalue weighted by molar-refractivity contribution is 0.0945. The zero-order valence-corrected chi connectivity index (χ0v) is 12.0. The van der Waals surface area contributed by atoms with Crippen LogP contribution in [0.15, 0.2) is 36.5 Å². The summed E-state index contributed by atoms with van der Waals surface area (Å²) in [5, 5.41) is 20.0. The van der Waals surface area contributed by atoms with Crippen LogP contribution in [0.2, 0.25) is 0 Å². The molecule has 0 bridgehead atoms. The second-order valence-corrected chi connectivity index (χ2v) is 5.39. The highest BCUT2D eigenvalue weighted by atomic mass is 32.1. The first-order valence-corrected chi connectivity index (χ1v) is 7.06. The van der Waals surface area contributed by atoms with Gasteiger partial charge in [0, 0.05) is 12.6 Å². The van der Waals surface area contributed by atoms with E-state index < -0.39 is 0 Å². The molecule has 0 radical (unpaired) electrons. The Morgan fingerprint density at radius 1 is 1.24 bits per heavy atom. The minimum Gasteiger partial charge on any atom is -0.344 e. The minimum absolute atomic E-state index is 0.278. The van der Waals surface area contributed by atoms with Gasteiger partial charge in [0.05, 0.1) is 12.7 Å². The average Bonchev–Trinajstić information content (AvgIpc) is 3.15. The van der Waals surface area contributed by atoms with Crippen molar-refractivity contribution in [3.63, 3.8) is 0 Å². The lowest BCUT2D eigenvalue weighted by Gasteiger charge is -1.98. The van der Waals surface area contributed by atoms with Crippen molar-refractivity contribution in [2.45, 2.75) is 6.54 Å². The predicted octanol–water partition coefficient (Wildman–Crippen LogP) is 1.26. The highest BCUT2D eigenvalue weighted by Gasteiger charge is 2.11. The summed E-state index contributed by atoms with van der Waals surface area (Å²) in [4.78, 5) is 11.8. The Morgan fingerprint density at radius 2 is 2.05 bits per heavy atom. The van der Waals surface area contributed by atoms with Gasteiger partial charge in [0.1, 0.15) is 10.0 Å². The lowest BCUT2D eigenvalue weighted by atomic mass is 10.2. The molecule has 21 heavy (non-hydrogen) atoms. The Kier molecular flexibility index (Phi) is 3.69. The molecule has 0 saturated heterocycles. The van der Waals surface area contributed by atoms with E-state index in [0.29, 0.717) is 6.54 Å². The van der Waals surface area contributed by atoms with Gasteiger partial charge in [-0.2, -0.15) is 0 Å². The Balaban J connectivity index is 1.64. The van der Waals surface area contributed by atoms with Gasteiger partial charge < -0.3 is 5.32 Å². The van der Waals surface area contributed by atoms with Crippen LogP contribution in [0.3, 0.4) is 0 Å². The number of rotatable bonds is 4. The number of aryl methyl sites for hydroxylation is 1. The van der Waals surface area contributed by atoms with Gasteiger partial charge in [-0.05, 0) is 0 Å². The van der Waals surface area contributed by atoms with Gasteiger partial charge in [-0.15, -0.1) is 15.3 Å². The summed E-state index contributed by atoms with van der Waals surface area (Å²) >= 11 is 1.45. The van der Waals surface area contributed by atoms with Crippen molar-refractivity contribution in [2.24, 2.45) is 7.05 Å². The normalized spacial score (nSPS) is 10.5. The van der Waals surface area contributed by atoms with Gasteiger partial charge in [0.25, 0.3) is 5.91 Å². The number of carbonyl (C=O) groups is 1. The molecule has 0 spiro atoms. The third-order valence-electron chi connectivity index (χ3n) is 2.72. The molecule has 8 heteroatoms. The summed E-state index contributed by atoms with van der Waals surface area (Å²) < 4.78 is 1.48. The minimum atomic E-state index is -0.278. The van der Waals surface area contributed by atoms with Gasteiger partial charge in [0.15, 0.2) is 5.69 Å². The molecule has 1 aromatic carbocycles. The van der Waals surface area contributed by atoms with Gasteiger partial charge in [0.2, 0.25) is 0 Å². The Morgan fingerprint density at radius 3 is 2.76 bits per heavy atom. The Bertz CT molecular complexity index is 751. The van der Waals surface area contributed by atoms with Crippen molar-refractivity contribution < 1.29 is 4.79 Å². The maximum Gasteiger partial charge on any atom is 0.273 e. The number of hydrogen-bond donors (Lipinski definition) is 1. The van der Waals surface area contributed by atoms with Gasteiger partial charge in [-0.3, -0.25) is 9.48 Å². The fourth-order valence-electron chi connectivity index (χ4n) is 1.72. The van der Waals surface area contributed by atoms with E-state index in [-0.39, 0.29) is 11.6 Å². The molecule has 1 amide bonds. The quantitative estimate of drug-likeness (QED) is 0.784. The predicted molar refractivity (Wildman–Crippen MR) is 77.5 cm³/mol. The van der Waals surface area contributed by atoms with E-state index in [4.69, 9.17) is 0 Å². The number of carbonyl (C=O) groups excluding carboxylic acids is 1. The van der Waals surface area contributed by atoms with Crippen LogP contribution in [0.25, 0.3) is 10.6 Å². The van der Waals surface area contributed by atoms with E-state index in [1.807, 2.05) is 30.3 Å². The molecule has 3 aromatic rings.